The lowest BCUT2D eigenvalue weighted by atomic mass is 10.1. The maximum atomic E-state index is 5.84. The van der Waals surface area contributed by atoms with Crippen LogP contribution in [0, 0.1) is 6.92 Å². The first-order valence-electron chi connectivity index (χ1n) is 7.85. The Labute approximate surface area is 123 Å². The Balaban J connectivity index is 2.36. The van der Waals surface area contributed by atoms with Crippen LogP contribution in [0.2, 0.25) is 0 Å². The minimum absolute atomic E-state index is 0.276. The fourth-order valence-electron chi connectivity index (χ4n) is 2.12. The van der Waals surface area contributed by atoms with Crippen LogP contribution in [-0.2, 0) is 11.3 Å². The molecule has 0 amide bonds. The smallest absolute Gasteiger partial charge is 0.156 e. The normalized spacial score (nSPS) is 12.4. The maximum absolute atomic E-state index is 5.84. The molecule has 0 aliphatic heterocycles. The minimum atomic E-state index is 0.276. The number of hydrogen-bond acceptors (Lipinski definition) is 4. The molecule has 0 saturated heterocycles. The third-order valence-electron chi connectivity index (χ3n) is 3.22. The van der Waals surface area contributed by atoms with Crippen LogP contribution < -0.4 is 5.32 Å². The van der Waals surface area contributed by atoms with Crippen LogP contribution in [0.5, 0.6) is 0 Å². The first kappa shape index (κ1) is 16.9. The van der Waals surface area contributed by atoms with Gasteiger partial charge in [0.2, 0.25) is 0 Å². The fourth-order valence-corrected chi connectivity index (χ4v) is 2.12. The van der Waals surface area contributed by atoms with Gasteiger partial charge < -0.3 is 10.1 Å². The highest BCUT2D eigenvalue weighted by molar-refractivity contribution is 5.35. The Morgan fingerprint density at radius 3 is 2.70 bits per heavy atom. The Morgan fingerprint density at radius 1 is 1.20 bits per heavy atom. The molecule has 1 rings (SSSR count). The number of nitrogens with one attached hydrogen (secondary N) is 1. The molecule has 0 bridgehead atoms. The number of nitrogens with zero attached hydrogens (tertiary/aromatic N) is 2. The molecule has 0 fully saturated rings. The van der Waals surface area contributed by atoms with Gasteiger partial charge >= 0.3 is 0 Å². The Bertz CT molecular complexity index is 382. The molecule has 114 valence electrons. The average Bonchev–Trinajstić information content (AvgIpc) is 2.41. The molecule has 0 aromatic carbocycles. The maximum Gasteiger partial charge on any atom is 0.156 e. The minimum Gasteiger partial charge on any atom is -0.371 e. The lowest BCUT2D eigenvalue weighted by Gasteiger charge is -2.13. The van der Waals surface area contributed by atoms with E-state index in [1.54, 1.807) is 0 Å². The summed E-state index contributed by atoms with van der Waals surface area (Å²) in [6.07, 6.45) is 6.53. The van der Waals surface area contributed by atoms with Crippen molar-refractivity contribution in [1.82, 2.24) is 9.97 Å². The van der Waals surface area contributed by atoms with Gasteiger partial charge in [-0.1, -0.05) is 32.6 Å². The molecule has 1 N–H and O–H groups in total. The summed E-state index contributed by atoms with van der Waals surface area (Å²) < 4.78 is 5.84. The highest BCUT2D eigenvalue weighted by Gasteiger charge is 2.06. The standard InChI is InChI=1S/C16H29N3O/c1-5-7-8-9-10-14(4)20-12-16-18-13(3)11-15(19-16)17-6-2/h11,14H,5-10,12H2,1-4H3,(H,17,18,19). The Morgan fingerprint density at radius 2 is 2.00 bits per heavy atom. The average molecular weight is 279 g/mol. The summed E-state index contributed by atoms with van der Waals surface area (Å²) in [6.45, 7) is 9.77. The van der Waals surface area contributed by atoms with Crippen LogP contribution in [0.15, 0.2) is 6.07 Å². The molecule has 0 spiro atoms. The summed E-state index contributed by atoms with van der Waals surface area (Å²) in [5.74, 6) is 1.65. The van der Waals surface area contributed by atoms with Crippen molar-refractivity contribution in [2.24, 2.45) is 0 Å². The van der Waals surface area contributed by atoms with Crippen molar-refractivity contribution in [3.63, 3.8) is 0 Å². The molecule has 1 aromatic heterocycles. The van der Waals surface area contributed by atoms with Crippen LogP contribution >= 0.6 is 0 Å². The van der Waals surface area contributed by atoms with Crippen molar-refractivity contribution in [2.75, 3.05) is 11.9 Å². The van der Waals surface area contributed by atoms with E-state index in [-0.39, 0.29) is 6.10 Å². The zero-order valence-corrected chi connectivity index (χ0v) is 13.4. The van der Waals surface area contributed by atoms with Crippen molar-refractivity contribution in [2.45, 2.75) is 72.5 Å². The van der Waals surface area contributed by atoms with Crippen LogP contribution in [-0.4, -0.2) is 22.6 Å². The number of anilines is 1. The fraction of sp³-hybridized carbons (Fsp3) is 0.750. The summed E-state index contributed by atoms with van der Waals surface area (Å²) in [5, 5.41) is 3.22. The summed E-state index contributed by atoms with van der Waals surface area (Å²) in [4.78, 5) is 8.88. The van der Waals surface area contributed by atoms with Gasteiger partial charge in [0.25, 0.3) is 0 Å². The zero-order valence-electron chi connectivity index (χ0n) is 13.4. The number of rotatable bonds is 10. The van der Waals surface area contributed by atoms with Crippen molar-refractivity contribution in [1.29, 1.82) is 0 Å². The number of unbranched alkanes of at least 4 members (excludes halogenated alkanes) is 3. The SMILES string of the molecule is CCCCCCC(C)OCc1nc(C)cc(NCC)n1. The summed E-state index contributed by atoms with van der Waals surface area (Å²) >= 11 is 0. The van der Waals surface area contributed by atoms with E-state index < -0.39 is 0 Å². The second-order valence-electron chi connectivity index (χ2n) is 5.31. The molecule has 1 heterocycles. The molecule has 4 heteroatoms. The van der Waals surface area contributed by atoms with Crippen molar-refractivity contribution >= 4 is 5.82 Å². The predicted octanol–water partition coefficient (Wildman–Crippen LogP) is 4.09. The molecule has 4 nitrogen and oxygen atoms in total. The van der Waals surface area contributed by atoms with Gasteiger partial charge in [0.1, 0.15) is 12.4 Å². The van der Waals surface area contributed by atoms with E-state index in [0.717, 1.165) is 30.3 Å². The Kier molecular flexibility index (Phi) is 8.19. The number of aromatic nitrogens is 2. The van der Waals surface area contributed by atoms with E-state index in [2.05, 4.69) is 36.1 Å². The first-order valence-corrected chi connectivity index (χ1v) is 7.85. The van der Waals surface area contributed by atoms with Gasteiger partial charge in [-0.15, -0.1) is 0 Å². The molecule has 1 atom stereocenters. The molecule has 0 radical (unpaired) electrons. The quantitative estimate of drug-likeness (QED) is 0.655. The van der Waals surface area contributed by atoms with Crippen LogP contribution in [0.1, 0.15) is 64.4 Å². The molecule has 0 saturated carbocycles. The molecule has 0 aliphatic carbocycles. The second kappa shape index (κ2) is 9.70. The van der Waals surface area contributed by atoms with E-state index in [1.165, 1.54) is 25.7 Å². The van der Waals surface area contributed by atoms with Gasteiger partial charge in [-0.2, -0.15) is 0 Å². The largest absolute Gasteiger partial charge is 0.371 e. The molecular weight excluding hydrogens is 250 g/mol. The van der Waals surface area contributed by atoms with Crippen molar-refractivity contribution in [3.05, 3.63) is 17.6 Å². The molecular formula is C16H29N3O. The first-order chi connectivity index (χ1) is 9.65. The van der Waals surface area contributed by atoms with Crippen LogP contribution in [0.3, 0.4) is 0 Å². The number of hydrogen-bond donors (Lipinski definition) is 1. The summed E-state index contributed by atoms with van der Waals surface area (Å²) in [7, 11) is 0. The number of ether oxygens (including phenoxy) is 1. The lowest BCUT2D eigenvalue weighted by molar-refractivity contribution is 0.0419. The summed E-state index contributed by atoms with van der Waals surface area (Å²) in [6, 6.07) is 1.96. The molecule has 1 unspecified atom stereocenters. The van der Waals surface area contributed by atoms with Gasteiger partial charge in [0, 0.05) is 18.3 Å². The van der Waals surface area contributed by atoms with E-state index in [4.69, 9.17) is 4.74 Å². The van der Waals surface area contributed by atoms with Crippen molar-refractivity contribution < 1.29 is 4.74 Å². The van der Waals surface area contributed by atoms with Gasteiger partial charge in [-0.3, -0.25) is 0 Å². The number of aryl methyl sites for hydroxylation is 1. The van der Waals surface area contributed by atoms with Gasteiger partial charge in [-0.05, 0) is 27.2 Å². The Hall–Kier alpha value is -1.16. The van der Waals surface area contributed by atoms with Crippen LogP contribution in [0.4, 0.5) is 5.82 Å². The topological polar surface area (TPSA) is 47.0 Å². The van der Waals surface area contributed by atoms with Crippen molar-refractivity contribution in [3.8, 4) is 0 Å². The van der Waals surface area contributed by atoms with Crippen LogP contribution in [0.25, 0.3) is 0 Å². The molecule has 0 aliphatic rings. The lowest BCUT2D eigenvalue weighted by Crippen LogP contribution is -2.11. The van der Waals surface area contributed by atoms with Gasteiger partial charge in [-0.25, -0.2) is 9.97 Å². The molecule has 1 aromatic rings. The van der Waals surface area contributed by atoms with E-state index in [0.29, 0.717) is 6.61 Å². The van der Waals surface area contributed by atoms with Gasteiger partial charge in [0.15, 0.2) is 5.82 Å². The van der Waals surface area contributed by atoms with E-state index in [9.17, 15) is 0 Å². The predicted molar refractivity (Wildman–Crippen MR) is 83.9 cm³/mol. The third-order valence-corrected chi connectivity index (χ3v) is 3.22. The zero-order chi connectivity index (χ0) is 14.8. The highest BCUT2D eigenvalue weighted by atomic mass is 16.5. The van der Waals surface area contributed by atoms with Gasteiger partial charge in [0.05, 0.1) is 6.10 Å². The monoisotopic (exact) mass is 279 g/mol. The van der Waals surface area contributed by atoms with E-state index >= 15 is 0 Å². The second-order valence-corrected chi connectivity index (χ2v) is 5.31. The highest BCUT2D eigenvalue weighted by Crippen LogP contribution is 2.11. The summed E-state index contributed by atoms with van der Waals surface area (Å²) in [5.41, 5.74) is 0.977. The third kappa shape index (κ3) is 6.85. The molecule has 20 heavy (non-hydrogen) atoms. The van der Waals surface area contributed by atoms with E-state index in [1.807, 2.05) is 13.0 Å².